The Hall–Kier alpha value is -4.25. The zero-order valence-electron chi connectivity index (χ0n) is 18.3. The zero-order valence-corrected chi connectivity index (χ0v) is 18.3. The molecule has 1 aliphatic heterocycles. The molecule has 0 saturated carbocycles. The van der Waals surface area contributed by atoms with E-state index in [-0.39, 0.29) is 11.7 Å². The van der Waals surface area contributed by atoms with Gasteiger partial charge in [0.25, 0.3) is 5.91 Å². The maximum absolute atomic E-state index is 12.6. The number of likely N-dealkylation sites (tertiary alicyclic amines) is 1. The number of nitrogens with zero attached hydrogens (tertiary/aromatic N) is 4. The topological polar surface area (TPSA) is 100 Å². The van der Waals surface area contributed by atoms with Crippen molar-refractivity contribution in [3.05, 3.63) is 66.0 Å². The van der Waals surface area contributed by atoms with E-state index in [0.717, 1.165) is 31.6 Å². The van der Waals surface area contributed by atoms with E-state index in [9.17, 15) is 9.59 Å². The maximum Gasteiger partial charge on any atom is 0.253 e. The molecule has 8 heteroatoms. The summed E-state index contributed by atoms with van der Waals surface area (Å²) >= 11 is 0. The van der Waals surface area contributed by atoms with Crippen molar-refractivity contribution >= 4 is 35.0 Å². The molecular weight excluding hydrogens is 416 g/mol. The minimum Gasteiger partial charge on any atom is -0.339 e. The van der Waals surface area contributed by atoms with Crippen molar-refractivity contribution in [3.63, 3.8) is 0 Å². The molecule has 4 rings (SSSR count). The summed E-state index contributed by atoms with van der Waals surface area (Å²) in [5.41, 5.74) is 2.58. The summed E-state index contributed by atoms with van der Waals surface area (Å²) in [6, 6.07) is 14.3. The van der Waals surface area contributed by atoms with Crippen LogP contribution in [0.5, 0.6) is 0 Å². The van der Waals surface area contributed by atoms with Gasteiger partial charge in [-0.05, 0) is 68.5 Å². The molecule has 2 N–H and O–H groups in total. The number of aromatic nitrogens is 3. The van der Waals surface area contributed by atoms with Crippen LogP contribution in [-0.2, 0) is 0 Å². The van der Waals surface area contributed by atoms with E-state index < -0.39 is 0 Å². The van der Waals surface area contributed by atoms with Crippen LogP contribution in [0, 0.1) is 11.8 Å². The first kappa shape index (κ1) is 22.0. The van der Waals surface area contributed by atoms with Gasteiger partial charge in [0.15, 0.2) is 0 Å². The summed E-state index contributed by atoms with van der Waals surface area (Å²) in [5, 5.41) is 6.20. The number of nitrogens with one attached hydrogen (secondary N) is 2. The Kier molecular flexibility index (Phi) is 6.90. The van der Waals surface area contributed by atoms with Gasteiger partial charge in [-0.15, -0.1) is 0 Å². The molecule has 0 spiro atoms. The number of Topliss-reactive ketones (excluding diaryl/α,β-unsaturated/α-hetero) is 1. The molecule has 2 heterocycles. The highest BCUT2D eigenvalue weighted by Gasteiger charge is 2.18. The van der Waals surface area contributed by atoms with Gasteiger partial charge in [0.1, 0.15) is 6.33 Å². The normalized spacial score (nSPS) is 12.9. The monoisotopic (exact) mass is 440 g/mol. The van der Waals surface area contributed by atoms with Crippen LogP contribution in [0.1, 0.15) is 46.9 Å². The highest BCUT2D eigenvalue weighted by molar-refractivity contribution is 6.09. The third-order valence-corrected chi connectivity index (χ3v) is 5.22. The highest BCUT2D eigenvalue weighted by Crippen LogP contribution is 2.19. The number of anilines is 4. The van der Waals surface area contributed by atoms with Crippen LogP contribution in [0.3, 0.4) is 0 Å². The first-order valence-electron chi connectivity index (χ1n) is 10.8. The lowest BCUT2D eigenvalue weighted by atomic mass is 10.1. The van der Waals surface area contributed by atoms with Crippen LogP contribution in [0.15, 0.2) is 54.9 Å². The van der Waals surface area contributed by atoms with E-state index in [2.05, 4.69) is 37.4 Å². The molecule has 1 saturated heterocycles. The molecule has 0 aliphatic carbocycles. The average Bonchev–Trinajstić information content (AvgIpc) is 2.85. The molecule has 33 heavy (non-hydrogen) atoms. The summed E-state index contributed by atoms with van der Waals surface area (Å²) < 4.78 is 0. The highest BCUT2D eigenvalue weighted by atomic mass is 16.2. The van der Waals surface area contributed by atoms with Crippen molar-refractivity contribution in [2.75, 3.05) is 23.7 Å². The van der Waals surface area contributed by atoms with Crippen LogP contribution in [0.4, 0.5) is 23.3 Å². The number of carbonyl (C=O) groups is 2. The Labute approximate surface area is 192 Å². The van der Waals surface area contributed by atoms with E-state index >= 15 is 0 Å². The van der Waals surface area contributed by atoms with E-state index in [0.29, 0.717) is 28.7 Å². The third kappa shape index (κ3) is 5.71. The first-order valence-corrected chi connectivity index (χ1v) is 10.8. The first-order chi connectivity index (χ1) is 16.1. The molecule has 0 radical (unpaired) electrons. The van der Waals surface area contributed by atoms with Crippen LogP contribution in [0.25, 0.3) is 0 Å². The smallest absolute Gasteiger partial charge is 0.253 e. The minimum atomic E-state index is -0.249. The third-order valence-electron chi connectivity index (χ3n) is 5.22. The van der Waals surface area contributed by atoms with Crippen LogP contribution in [0.2, 0.25) is 0 Å². The van der Waals surface area contributed by atoms with E-state index in [1.165, 1.54) is 12.7 Å². The van der Waals surface area contributed by atoms with Gasteiger partial charge in [-0.25, -0.2) is 9.97 Å². The number of rotatable bonds is 6. The van der Waals surface area contributed by atoms with Crippen LogP contribution in [-0.4, -0.2) is 44.6 Å². The van der Waals surface area contributed by atoms with Gasteiger partial charge in [0.05, 0.1) is 0 Å². The summed E-state index contributed by atoms with van der Waals surface area (Å²) in [6.45, 7) is 3.27. The molecule has 1 aromatic heterocycles. The summed E-state index contributed by atoms with van der Waals surface area (Å²) in [6.07, 6.45) is 4.71. The fourth-order valence-electron chi connectivity index (χ4n) is 3.57. The Bertz CT molecular complexity index is 1210. The lowest BCUT2D eigenvalue weighted by molar-refractivity contribution is 0.0724. The molecule has 0 unspecified atom stereocenters. The molecule has 0 atom stereocenters. The van der Waals surface area contributed by atoms with Crippen molar-refractivity contribution in [2.45, 2.75) is 26.2 Å². The molecule has 1 aliphatic rings. The molecule has 166 valence electrons. The van der Waals surface area contributed by atoms with Gasteiger partial charge in [0.2, 0.25) is 17.7 Å². The fourth-order valence-corrected chi connectivity index (χ4v) is 3.57. The fraction of sp³-hybridized carbons (Fsp3) is 0.240. The Morgan fingerprint density at radius 1 is 0.879 bits per heavy atom. The average molecular weight is 441 g/mol. The number of ketones is 1. The van der Waals surface area contributed by atoms with Crippen molar-refractivity contribution in [1.29, 1.82) is 0 Å². The molecular formula is C25H24N6O2. The quantitative estimate of drug-likeness (QED) is 0.337. The van der Waals surface area contributed by atoms with Crippen molar-refractivity contribution in [2.24, 2.45) is 0 Å². The number of piperidine rings is 1. The van der Waals surface area contributed by atoms with Crippen LogP contribution >= 0.6 is 0 Å². The van der Waals surface area contributed by atoms with Gasteiger partial charge in [-0.1, -0.05) is 18.1 Å². The van der Waals surface area contributed by atoms with Crippen LogP contribution < -0.4 is 10.6 Å². The van der Waals surface area contributed by atoms with E-state index in [1.54, 1.807) is 37.3 Å². The Morgan fingerprint density at radius 2 is 1.58 bits per heavy atom. The summed E-state index contributed by atoms with van der Waals surface area (Å²) in [4.78, 5) is 39.2. The molecule has 0 bridgehead atoms. The van der Waals surface area contributed by atoms with Crippen molar-refractivity contribution in [3.8, 4) is 11.8 Å². The predicted octanol–water partition coefficient (Wildman–Crippen LogP) is 4.19. The van der Waals surface area contributed by atoms with Gasteiger partial charge in [-0.2, -0.15) is 4.98 Å². The van der Waals surface area contributed by atoms with Gasteiger partial charge in [-0.3, -0.25) is 9.59 Å². The van der Waals surface area contributed by atoms with Gasteiger partial charge < -0.3 is 15.5 Å². The number of carbonyl (C=O) groups excluding carboxylic acids is 2. The SMILES string of the molecule is CC#CC(=O)c1cccc(Nc2ncnc(Nc3ccc(C(=O)N4CCCCC4)cc3)n2)c1. The van der Waals surface area contributed by atoms with Gasteiger partial charge >= 0.3 is 0 Å². The number of hydrogen-bond donors (Lipinski definition) is 2. The lowest BCUT2D eigenvalue weighted by Gasteiger charge is -2.26. The standard InChI is InChI=1S/C25H24N6O2/c1-2-7-22(32)19-8-6-9-21(16-19)29-25-27-17-26-24(30-25)28-20-12-10-18(11-13-20)23(33)31-14-4-3-5-15-31/h6,8-13,16-17H,3-5,14-15H2,1H3,(H2,26,27,28,29,30). The second-order valence-electron chi connectivity index (χ2n) is 7.60. The largest absolute Gasteiger partial charge is 0.339 e. The number of hydrogen-bond acceptors (Lipinski definition) is 7. The summed E-state index contributed by atoms with van der Waals surface area (Å²) in [5.74, 6) is 5.64. The second kappa shape index (κ2) is 10.4. The summed E-state index contributed by atoms with van der Waals surface area (Å²) in [7, 11) is 0. The molecule has 8 nitrogen and oxygen atoms in total. The minimum absolute atomic E-state index is 0.0681. The maximum atomic E-state index is 12.6. The number of benzene rings is 2. The van der Waals surface area contributed by atoms with E-state index in [1.807, 2.05) is 23.1 Å². The number of amides is 1. The lowest BCUT2D eigenvalue weighted by Crippen LogP contribution is -2.35. The molecule has 1 amide bonds. The van der Waals surface area contributed by atoms with Crippen molar-refractivity contribution < 1.29 is 9.59 Å². The zero-order chi connectivity index (χ0) is 23.0. The van der Waals surface area contributed by atoms with Crippen molar-refractivity contribution in [1.82, 2.24) is 19.9 Å². The molecule has 3 aromatic rings. The predicted molar refractivity (Wildman–Crippen MR) is 127 cm³/mol. The van der Waals surface area contributed by atoms with Gasteiger partial charge in [0, 0.05) is 35.6 Å². The Balaban J connectivity index is 1.42. The molecule has 2 aromatic carbocycles. The Morgan fingerprint density at radius 3 is 2.27 bits per heavy atom. The second-order valence-corrected chi connectivity index (χ2v) is 7.60. The molecule has 1 fully saturated rings. The van der Waals surface area contributed by atoms with E-state index in [4.69, 9.17) is 0 Å².